The van der Waals surface area contributed by atoms with Gasteiger partial charge in [0.15, 0.2) is 5.65 Å². The van der Waals surface area contributed by atoms with Crippen LogP contribution in [0.2, 0.25) is 0 Å². The highest BCUT2D eigenvalue weighted by atomic mass is 19.4. The lowest BCUT2D eigenvalue weighted by Crippen LogP contribution is -2.27. The fourth-order valence-corrected chi connectivity index (χ4v) is 3.11. The molecule has 3 aromatic rings. The quantitative estimate of drug-likeness (QED) is 0.674. The zero-order chi connectivity index (χ0) is 21.3. The number of halogens is 3. The fourth-order valence-electron chi connectivity index (χ4n) is 3.11. The van der Waals surface area contributed by atoms with E-state index in [1.165, 1.54) is 0 Å². The molecule has 156 valence electrons. The Bertz CT molecular complexity index is 1020. The second kappa shape index (κ2) is 7.86. The zero-order valence-corrected chi connectivity index (χ0v) is 16.9. The SMILES string of the molecule is COc1cccc(C(CNc2nn3c(C(F)(F)F)nnc3c(C)c2C)N(C)C)c1. The van der Waals surface area contributed by atoms with Gasteiger partial charge in [0.1, 0.15) is 11.6 Å². The van der Waals surface area contributed by atoms with E-state index in [9.17, 15) is 13.2 Å². The second-order valence-electron chi connectivity index (χ2n) is 6.99. The van der Waals surface area contributed by atoms with Crippen LogP contribution in [0.15, 0.2) is 24.3 Å². The van der Waals surface area contributed by atoms with Gasteiger partial charge in [-0.3, -0.25) is 0 Å². The molecule has 1 atom stereocenters. The largest absolute Gasteiger partial charge is 0.497 e. The number of aryl methyl sites for hydroxylation is 1. The molecular weight excluding hydrogens is 385 g/mol. The van der Waals surface area contributed by atoms with Crippen molar-refractivity contribution >= 4 is 11.5 Å². The summed E-state index contributed by atoms with van der Waals surface area (Å²) in [5.74, 6) is -0.0501. The van der Waals surface area contributed by atoms with Gasteiger partial charge in [-0.05, 0) is 51.2 Å². The first kappa shape index (κ1) is 20.8. The molecule has 3 rings (SSSR count). The summed E-state index contributed by atoms with van der Waals surface area (Å²) < 4.78 is 45.7. The van der Waals surface area contributed by atoms with Crippen molar-refractivity contribution in [2.24, 2.45) is 0 Å². The van der Waals surface area contributed by atoms with Crippen LogP contribution in [-0.2, 0) is 6.18 Å². The highest BCUT2D eigenvalue weighted by Crippen LogP contribution is 2.30. The molecule has 0 bridgehead atoms. The predicted molar refractivity (Wildman–Crippen MR) is 103 cm³/mol. The second-order valence-corrected chi connectivity index (χ2v) is 6.99. The lowest BCUT2D eigenvalue weighted by molar-refractivity contribution is -0.146. The molecule has 1 N–H and O–H groups in total. The van der Waals surface area contributed by atoms with Crippen LogP contribution >= 0.6 is 0 Å². The van der Waals surface area contributed by atoms with E-state index in [1.54, 1.807) is 21.0 Å². The van der Waals surface area contributed by atoms with Crippen molar-refractivity contribution in [1.82, 2.24) is 24.7 Å². The molecule has 0 spiro atoms. The Kier molecular flexibility index (Phi) is 5.65. The summed E-state index contributed by atoms with van der Waals surface area (Å²) in [6.07, 6.45) is -4.64. The number of hydrogen-bond donors (Lipinski definition) is 1. The van der Waals surface area contributed by atoms with E-state index >= 15 is 0 Å². The van der Waals surface area contributed by atoms with Gasteiger partial charge in [-0.15, -0.1) is 15.3 Å². The van der Waals surface area contributed by atoms with Crippen LogP contribution in [0.5, 0.6) is 5.75 Å². The van der Waals surface area contributed by atoms with Crippen LogP contribution in [0.25, 0.3) is 5.65 Å². The van der Waals surface area contributed by atoms with E-state index < -0.39 is 12.0 Å². The van der Waals surface area contributed by atoms with Crippen molar-refractivity contribution in [3.63, 3.8) is 0 Å². The van der Waals surface area contributed by atoms with Gasteiger partial charge in [0, 0.05) is 12.1 Å². The number of ether oxygens (including phenoxy) is 1. The zero-order valence-electron chi connectivity index (χ0n) is 16.9. The summed E-state index contributed by atoms with van der Waals surface area (Å²) in [6.45, 7) is 3.93. The minimum atomic E-state index is -4.64. The Morgan fingerprint density at radius 2 is 1.90 bits per heavy atom. The molecule has 10 heteroatoms. The molecule has 0 saturated heterocycles. The first-order chi connectivity index (χ1) is 13.6. The number of methoxy groups -OCH3 is 1. The van der Waals surface area contributed by atoms with Gasteiger partial charge in [-0.25, -0.2) is 0 Å². The Hall–Kier alpha value is -2.88. The lowest BCUT2D eigenvalue weighted by Gasteiger charge is -2.26. The van der Waals surface area contributed by atoms with Crippen molar-refractivity contribution in [3.05, 3.63) is 46.8 Å². The molecule has 2 aromatic heterocycles. The Labute approximate surface area is 166 Å². The number of anilines is 1. The average Bonchev–Trinajstić information content (AvgIpc) is 3.10. The third-order valence-electron chi connectivity index (χ3n) is 4.91. The minimum absolute atomic E-state index is 0.0506. The maximum absolute atomic E-state index is 13.2. The molecule has 0 aliphatic rings. The molecular formula is C19H23F3N6O. The number of fused-ring (bicyclic) bond motifs is 1. The van der Waals surface area contributed by atoms with E-state index in [0.717, 1.165) is 21.4 Å². The average molecular weight is 408 g/mol. The molecule has 7 nitrogen and oxygen atoms in total. The Balaban J connectivity index is 1.95. The summed E-state index contributed by atoms with van der Waals surface area (Å²) in [6, 6.07) is 7.62. The predicted octanol–water partition coefficient (Wildman–Crippen LogP) is 3.48. The van der Waals surface area contributed by atoms with Crippen molar-refractivity contribution < 1.29 is 17.9 Å². The molecule has 1 aromatic carbocycles. The van der Waals surface area contributed by atoms with E-state index in [-0.39, 0.29) is 11.7 Å². The van der Waals surface area contributed by atoms with Gasteiger partial charge in [0.25, 0.3) is 5.82 Å². The number of nitrogens with one attached hydrogen (secondary N) is 1. The van der Waals surface area contributed by atoms with Crippen LogP contribution in [-0.4, -0.2) is 52.5 Å². The van der Waals surface area contributed by atoms with Gasteiger partial charge >= 0.3 is 6.18 Å². The van der Waals surface area contributed by atoms with E-state index in [1.807, 2.05) is 43.3 Å². The van der Waals surface area contributed by atoms with Crippen molar-refractivity contribution in [2.75, 3.05) is 33.1 Å². The summed E-state index contributed by atoms with van der Waals surface area (Å²) >= 11 is 0. The molecule has 0 fully saturated rings. The van der Waals surface area contributed by atoms with Crippen LogP contribution in [0.3, 0.4) is 0 Å². The Morgan fingerprint density at radius 3 is 2.52 bits per heavy atom. The van der Waals surface area contributed by atoms with Crippen LogP contribution in [0.1, 0.15) is 28.6 Å². The van der Waals surface area contributed by atoms with Gasteiger partial charge in [-0.2, -0.15) is 17.7 Å². The van der Waals surface area contributed by atoms with Crippen molar-refractivity contribution in [1.29, 1.82) is 0 Å². The van der Waals surface area contributed by atoms with Gasteiger partial charge in [0.05, 0.1) is 13.2 Å². The summed E-state index contributed by atoms with van der Waals surface area (Å²) in [5.41, 5.74) is 2.42. The van der Waals surface area contributed by atoms with Crippen molar-refractivity contribution in [2.45, 2.75) is 26.1 Å². The normalized spacial score (nSPS) is 13.1. The summed E-state index contributed by atoms with van der Waals surface area (Å²) in [5, 5.41) is 14.3. The lowest BCUT2D eigenvalue weighted by atomic mass is 10.1. The third kappa shape index (κ3) is 4.12. The van der Waals surface area contributed by atoms with Crippen LogP contribution < -0.4 is 10.1 Å². The molecule has 0 aliphatic carbocycles. The topological polar surface area (TPSA) is 67.6 Å². The van der Waals surface area contributed by atoms with Gasteiger partial charge < -0.3 is 15.0 Å². The van der Waals surface area contributed by atoms with Gasteiger partial charge in [0.2, 0.25) is 0 Å². The van der Waals surface area contributed by atoms with Crippen LogP contribution in [0, 0.1) is 13.8 Å². The third-order valence-corrected chi connectivity index (χ3v) is 4.91. The highest BCUT2D eigenvalue weighted by Gasteiger charge is 2.38. The maximum Gasteiger partial charge on any atom is 0.453 e. The minimum Gasteiger partial charge on any atom is -0.497 e. The Morgan fingerprint density at radius 1 is 1.17 bits per heavy atom. The molecule has 0 saturated carbocycles. The van der Waals surface area contributed by atoms with Crippen LogP contribution in [0.4, 0.5) is 19.0 Å². The monoisotopic (exact) mass is 408 g/mol. The molecule has 0 radical (unpaired) electrons. The highest BCUT2D eigenvalue weighted by molar-refractivity contribution is 5.58. The maximum atomic E-state index is 13.2. The van der Waals surface area contributed by atoms with Crippen molar-refractivity contribution in [3.8, 4) is 5.75 Å². The number of rotatable bonds is 6. The van der Waals surface area contributed by atoms with Gasteiger partial charge in [-0.1, -0.05) is 12.1 Å². The number of alkyl halides is 3. The molecule has 0 amide bonds. The first-order valence-electron chi connectivity index (χ1n) is 8.97. The smallest absolute Gasteiger partial charge is 0.453 e. The van der Waals surface area contributed by atoms with E-state index in [4.69, 9.17) is 4.74 Å². The fraction of sp³-hybridized carbons (Fsp3) is 0.421. The molecule has 1 unspecified atom stereocenters. The number of hydrogen-bond acceptors (Lipinski definition) is 6. The van der Waals surface area contributed by atoms with E-state index in [2.05, 4.69) is 20.6 Å². The first-order valence-corrected chi connectivity index (χ1v) is 8.97. The molecule has 0 aliphatic heterocycles. The molecule has 29 heavy (non-hydrogen) atoms. The van der Waals surface area contributed by atoms with E-state index in [0.29, 0.717) is 17.9 Å². The number of benzene rings is 1. The standard InChI is InChI=1S/C19H23F3N6O/c1-11-12(2)17-24-25-18(19(20,21)22)28(17)26-16(11)23-10-15(27(3)4)13-7-6-8-14(9-13)29-5/h6-9,15H,10H2,1-5H3,(H,23,26). The number of aromatic nitrogens is 4. The number of nitrogens with zero attached hydrogens (tertiary/aromatic N) is 5. The molecule has 2 heterocycles. The summed E-state index contributed by atoms with van der Waals surface area (Å²) in [7, 11) is 5.47. The number of likely N-dealkylation sites (N-methyl/N-ethyl adjacent to an activating group) is 1. The summed E-state index contributed by atoms with van der Waals surface area (Å²) in [4.78, 5) is 2.02.